The molecule has 0 saturated heterocycles. The molecule has 0 spiro atoms. The molecule has 2 aromatic carbocycles. The Morgan fingerprint density at radius 2 is 1.25 bits per heavy atom. The maximum Gasteiger partial charge on any atom is -0.00726 e. The van der Waals surface area contributed by atoms with E-state index in [2.05, 4.69) is 124 Å². The number of allylic oxidation sites excluding steroid dienone is 3. The Kier molecular flexibility index (Phi) is 24.3. The molecule has 0 fully saturated rings. The molecule has 2 rings (SSSR count). The molecule has 40 heavy (non-hydrogen) atoms. The molecule has 2 N–H and O–H groups in total. The first kappa shape index (κ1) is 39.8. The summed E-state index contributed by atoms with van der Waals surface area (Å²) in [5.74, 6) is 0. The van der Waals surface area contributed by atoms with E-state index in [0.717, 1.165) is 38.6 Å². The molecule has 0 atom stereocenters. The zero-order chi connectivity index (χ0) is 31.0. The number of hydrogen-bond acceptors (Lipinski definition) is 1. The summed E-state index contributed by atoms with van der Waals surface area (Å²) >= 11 is 0. The zero-order valence-corrected chi connectivity index (χ0v) is 28.1. The summed E-state index contributed by atoms with van der Waals surface area (Å²) in [6.45, 7) is 32.2. The highest BCUT2D eigenvalue weighted by molar-refractivity contribution is 5.26. The van der Waals surface area contributed by atoms with Crippen molar-refractivity contribution in [1.29, 1.82) is 0 Å². The maximum absolute atomic E-state index is 5.24. The lowest BCUT2D eigenvalue weighted by atomic mass is 9.72. The number of aryl methyl sites for hydroxylation is 3. The van der Waals surface area contributed by atoms with Gasteiger partial charge in [-0.3, -0.25) is 0 Å². The van der Waals surface area contributed by atoms with Gasteiger partial charge in [0, 0.05) is 0 Å². The van der Waals surface area contributed by atoms with Gasteiger partial charge in [-0.05, 0) is 113 Å². The topological polar surface area (TPSA) is 26.0 Å². The normalized spacial score (nSPS) is 10.2. The Hall–Kier alpha value is -2.38. The Labute approximate surface area is 251 Å². The summed E-state index contributed by atoms with van der Waals surface area (Å²) in [6, 6.07) is 17.3. The van der Waals surface area contributed by atoms with E-state index in [1.165, 1.54) is 71.1 Å². The predicted octanol–water partition coefficient (Wildman–Crippen LogP) is 11.8. The van der Waals surface area contributed by atoms with Crippen LogP contribution in [0.25, 0.3) is 0 Å². The highest BCUT2D eigenvalue weighted by Gasteiger charge is 2.26. The van der Waals surface area contributed by atoms with Gasteiger partial charge in [-0.25, -0.2) is 0 Å². The van der Waals surface area contributed by atoms with Crippen LogP contribution in [0.3, 0.4) is 0 Å². The second-order valence-corrected chi connectivity index (χ2v) is 11.3. The molecule has 0 unspecified atom stereocenters. The van der Waals surface area contributed by atoms with Crippen LogP contribution in [-0.4, -0.2) is 6.54 Å². The van der Waals surface area contributed by atoms with Crippen molar-refractivity contribution in [2.75, 3.05) is 6.54 Å². The summed E-state index contributed by atoms with van der Waals surface area (Å²) in [6.07, 6.45) is 11.9. The summed E-state index contributed by atoms with van der Waals surface area (Å²) in [5.41, 5.74) is 15.1. The Balaban J connectivity index is 0. The first-order valence-corrected chi connectivity index (χ1v) is 15.7. The maximum atomic E-state index is 5.24. The first-order chi connectivity index (χ1) is 19.0. The van der Waals surface area contributed by atoms with Crippen molar-refractivity contribution >= 4 is 0 Å². The summed E-state index contributed by atoms with van der Waals surface area (Å²) in [5, 5.41) is 0. The quantitative estimate of drug-likeness (QED) is 0.248. The van der Waals surface area contributed by atoms with Gasteiger partial charge in [0.2, 0.25) is 0 Å². The molecule has 0 heterocycles. The lowest BCUT2D eigenvalue weighted by molar-refractivity contribution is 0.282. The van der Waals surface area contributed by atoms with Crippen LogP contribution in [0.2, 0.25) is 0 Å². The lowest BCUT2D eigenvalue weighted by Gasteiger charge is -2.33. The minimum absolute atomic E-state index is 0.448. The van der Waals surface area contributed by atoms with Crippen LogP contribution in [-0.2, 0) is 19.3 Å². The smallest absolute Gasteiger partial charge is 0.00726 e. The van der Waals surface area contributed by atoms with Crippen LogP contribution in [0.4, 0.5) is 0 Å². The highest BCUT2D eigenvalue weighted by Crippen LogP contribution is 2.39. The van der Waals surface area contributed by atoms with Crippen molar-refractivity contribution in [3.8, 4) is 0 Å². The molecule has 226 valence electrons. The van der Waals surface area contributed by atoms with Gasteiger partial charge < -0.3 is 5.73 Å². The van der Waals surface area contributed by atoms with Crippen LogP contribution in [0.5, 0.6) is 0 Å². The first-order valence-electron chi connectivity index (χ1n) is 15.7. The molecule has 0 radical (unpaired) electrons. The second kappa shape index (κ2) is 24.4. The molecular formula is C39H65N. The molecule has 0 aliphatic rings. The van der Waals surface area contributed by atoms with E-state index in [0.29, 0.717) is 5.41 Å². The van der Waals surface area contributed by atoms with Gasteiger partial charge >= 0.3 is 0 Å². The molecule has 0 bridgehead atoms. The third-order valence-electron chi connectivity index (χ3n) is 7.43. The monoisotopic (exact) mass is 548 g/mol. The van der Waals surface area contributed by atoms with Gasteiger partial charge in [0.25, 0.3) is 0 Å². The van der Waals surface area contributed by atoms with Gasteiger partial charge in [-0.2, -0.15) is 0 Å². The van der Waals surface area contributed by atoms with Gasteiger partial charge in [-0.1, -0.05) is 126 Å². The standard InChI is InChI=1S/C12H16.C12H24.C9H12.C6H13N/c1-4-11-5-7-12(8-6-11)9-10(2)3;1-6-9-12(8-3,10-7-2)11(4)5;1-3-9-7-5-4-6-8(9)2;1-6(2)4-3-5-7/h5-8H,2,4,9H2,1,3H3;4,6-10H2,1-3,5H3;4-7H,3H2,1-2H3;1,3-5,7H2,2H3. The molecule has 1 nitrogen and oxygen atoms in total. The van der Waals surface area contributed by atoms with Gasteiger partial charge in [0.05, 0.1) is 0 Å². The van der Waals surface area contributed by atoms with Crippen molar-refractivity contribution in [3.63, 3.8) is 0 Å². The van der Waals surface area contributed by atoms with Crippen LogP contribution >= 0.6 is 0 Å². The molecule has 0 saturated carbocycles. The summed E-state index contributed by atoms with van der Waals surface area (Å²) < 4.78 is 0. The van der Waals surface area contributed by atoms with E-state index in [9.17, 15) is 0 Å². The molecule has 1 heteroatoms. The summed E-state index contributed by atoms with van der Waals surface area (Å²) in [7, 11) is 0. The van der Waals surface area contributed by atoms with Crippen molar-refractivity contribution < 1.29 is 0 Å². The summed E-state index contributed by atoms with van der Waals surface area (Å²) in [4.78, 5) is 0. The molecule has 0 amide bonds. The predicted molar refractivity (Wildman–Crippen MR) is 185 cm³/mol. The van der Waals surface area contributed by atoms with E-state index in [-0.39, 0.29) is 0 Å². The fourth-order valence-electron chi connectivity index (χ4n) is 4.82. The average molecular weight is 548 g/mol. The molecule has 0 aliphatic carbocycles. The van der Waals surface area contributed by atoms with Crippen molar-refractivity contribution in [3.05, 3.63) is 107 Å². The number of nitrogens with two attached hydrogens (primary N) is 1. The third-order valence-corrected chi connectivity index (χ3v) is 7.43. The Bertz CT molecular complexity index is 926. The van der Waals surface area contributed by atoms with E-state index >= 15 is 0 Å². The van der Waals surface area contributed by atoms with Crippen LogP contribution < -0.4 is 5.73 Å². The SMILES string of the molecule is C=C(C)C(CC)(CCC)CCC.C=C(C)CCCN.C=C(C)Cc1ccc(CC)cc1.CCc1ccccc1C. The fourth-order valence-corrected chi connectivity index (χ4v) is 4.82. The number of hydrogen-bond donors (Lipinski definition) is 1. The average Bonchev–Trinajstić information content (AvgIpc) is 2.93. The van der Waals surface area contributed by atoms with Crippen LogP contribution in [0.15, 0.2) is 85.0 Å². The van der Waals surface area contributed by atoms with Gasteiger partial charge in [0.1, 0.15) is 0 Å². The largest absolute Gasteiger partial charge is 0.330 e. The third kappa shape index (κ3) is 18.8. The molecule has 2 aromatic rings. The highest BCUT2D eigenvalue weighted by atomic mass is 14.5. The molecule has 0 aromatic heterocycles. The van der Waals surface area contributed by atoms with Crippen LogP contribution in [0.1, 0.15) is 123 Å². The minimum atomic E-state index is 0.448. The van der Waals surface area contributed by atoms with E-state index < -0.39 is 0 Å². The van der Waals surface area contributed by atoms with Gasteiger partial charge in [-0.15, -0.1) is 6.58 Å². The second-order valence-electron chi connectivity index (χ2n) is 11.3. The van der Waals surface area contributed by atoms with Crippen molar-refractivity contribution in [2.24, 2.45) is 11.1 Å². The van der Waals surface area contributed by atoms with E-state index in [1.807, 2.05) is 6.92 Å². The van der Waals surface area contributed by atoms with Gasteiger partial charge in [0.15, 0.2) is 0 Å². The van der Waals surface area contributed by atoms with E-state index in [4.69, 9.17) is 5.73 Å². The van der Waals surface area contributed by atoms with Crippen molar-refractivity contribution in [2.45, 2.75) is 127 Å². The van der Waals surface area contributed by atoms with Crippen molar-refractivity contribution in [1.82, 2.24) is 0 Å². The lowest BCUT2D eigenvalue weighted by Crippen LogP contribution is -2.20. The minimum Gasteiger partial charge on any atom is -0.330 e. The van der Waals surface area contributed by atoms with Crippen LogP contribution in [0, 0.1) is 12.3 Å². The van der Waals surface area contributed by atoms with E-state index in [1.54, 1.807) is 0 Å². The molecular weight excluding hydrogens is 482 g/mol. The Morgan fingerprint density at radius 1 is 0.725 bits per heavy atom. The number of rotatable bonds is 13. The molecule has 0 aliphatic heterocycles. The number of benzene rings is 2. The fraction of sp³-hybridized carbons (Fsp3) is 0.538. The zero-order valence-electron chi connectivity index (χ0n) is 28.1. The Morgan fingerprint density at radius 3 is 1.55 bits per heavy atom.